The third-order valence-corrected chi connectivity index (χ3v) is 5.02. The number of hydrogen-bond donors (Lipinski definition) is 0. The van der Waals surface area contributed by atoms with Crippen molar-refractivity contribution in [1.29, 1.82) is 0 Å². The van der Waals surface area contributed by atoms with Crippen molar-refractivity contribution in [3.8, 4) is 5.75 Å². The maximum Gasteiger partial charge on any atom is 0.379 e. The van der Waals surface area contributed by atoms with Crippen molar-refractivity contribution in [3.05, 3.63) is 28.5 Å². The SMILES string of the molecule is CCCCP(=O)(OCC(C)C)Oc1ccc(F)cc1Br. The van der Waals surface area contributed by atoms with Crippen LogP contribution in [0.1, 0.15) is 33.6 Å². The van der Waals surface area contributed by atoms with Crippen LogP contribution in [-0.2, 0) is 9.09 Å². The van der Waals surface area contributed by atoms with Crippen LogP contribution in [0.4, 0.5) is 4.39 Å². The van der Waals surface area contributed by atoms with Crippen LogP contribution in [-0.4, -0.2) is 12.8 Å². The van der Waals surface area contributed by atoms with E-state index in [1.807, 2.05) is 20.8 Å². The third-order valence-electron chi connectivity index (χ3n) is 2.52. The van der Waals surface area contributed by atoms with Crippen molar-refractivity contribution in [1.82, 2.24) is 0 Å². The van der Waals surface area contributed by atoms with Gasteiger partial charge in [0.2, 0.25) is 0 Å². The van der Waals surface area contributed by atoms with E-state index in [1.165, 1.54) is 18.2 Å². The smallest absolute Gasteiger partial charge is 0.379 e. The predicted molar refractivity (Wildman–Crippen MR) is 82.9 cm³/mol. The Morgan fingerprint density at radius 1 is 1.40 bits per heavy atom. The molecule has 0 N–H and O–H groups in total. The topological polar surface area (TPSA) is 35.5 Å². The van der Waals surface area contributed by atoms with E-state index in [0.29, 0.717) is 23.0 Å². The molecule has 0 aliphatic carbocycles. The average molecular weight is 367 g/mol. The van der Waals surface area contributed by atoms with Gasteiger partial charge in [0.15, 0.2) is 0 Å². The number of unbranched alkanes of at least 4 members (excludes halogenated alkanes) is 1. The first-order chi connectivity index (χ1) is 9.36. The Morgan fingerprint density at radius 3 is 2.65 bits per heavy atom. The third kappa shape index (κ3) is 5.94. The Bertz CT molecular complexity index is 479. The number of hydrogen-bond acceptors (Lipinski definition) is 3. The van der Waals surface area contributed by atoms with Crippen molar-refractivity contribution < 1.29 is 18.0 Å². The summed E-state index contributed by atoms with van der Waals surface area (Å²) >= 11 is 3.21. The average Bonchev–Trinajstić information content (AvgIpc) is 2.38. The summed E-state index contributed by atoms with van der Waals surface area (Å²) in [5.74, 6) is 0.232. The molecule has 1 aromatic carbocycles. The maximum absolute atomic E-state index is 13.1. The molecule has 0 bridgehead atoms. The van der Waals surface area contributed by atoms with Crippen molar-refractivity contribution in [3.63, 3.8) is 0 Å². The van der Waals surface area contributed by atoms with Crippen molar-refractivity contribution in [2.24, 2.45) is 5.92 Å². The highest BCUT2D eigenvalue weighted by molar-refractivity contribution is 9.10. The van der Waals surface area contributed by atoms with Crippen LogP contribution in [0.5, 0.6) is 5.75 Å². The van der Waals surface area contributed by atoms with Crippen molar-refractivity contribution >= 4 is 23.5 Å². The highest BCUT2D eigenvalue weighted by atomic mass is 79.9. The summed E-state index contributed by atoms with van der Waals surface area (Å²) in [7, 11) is -3.21. The normalized spacial score (nSPS) is 14.3. The lowest BCUT2D eigenvalue weighted by Gasteiger charge is -2.21. The van der Waals surface area contributed by atoms with Crippen molar-refractivity contribution in [2.75, 3.05) is 12.8 Å². The number of halogens is 2. The fourth-order valence-corrected chi connectivity index (χ4v) is 3.97. The van der Waals surface area contributed by atoms with Gasteiger partial charge in [0.1, 0.15) is 11.6 Å². The molecule has 0 saturated carbocycles. The standard InChI is InChI=1S/C14H21BrFO3P/c1-4-5-8-20(17,18-10-11(2)3)19-14-7-6-12(16)9-13(14)15/h6-7,9,11H,4-5,8,10H2,1-3H3. The van der Waals surface area contributed by atoms with Gasteiger partial charge in [0.25, 0.3) is 0 Å². The van der Waals surface area contributed by atoms with E-state index < -0.39 is 7.60 Å². The van der Waals surface area contributed by atoms with Crippen LogP contribution in [0.3, 0.4) is 0 Å². The molecule has 0 saturated heterocycles. The molecule has 0 amide bonds. The van der Waals surface area contributed by atoms with Gasteiger partial charge in [-0.15, -0.1) is 0 Å². The summed E-state index contributed by atoms with van der Waals surface area (Å²) in [4.78, 5) is 0. The van der Waals surface area contributed by atoms with Gasteiger partial charge in [-0.2, -0.15) is 0 Å². The Balaban J connectivity index is 2.84. The molecular weight excluding hydrogens is 346 g/mol. The van der Waals surface area contributed by atoms with Gasteiger partial charge in [0, 0.05) is 0 Å². The van der Waals surface area contributed by atoms with Gasteiger partial charge in [0.05, 0.1) is 17.2 Å². The fraction of sp³-hybridized carbons (Fsp3) is 0.571. The lowest BCUT2D eigenvalue weighted by Crippen LogP contribution is -2.07. The minimum Gasteiger partial charge on any atom is -0.423 e. The van der Waals surface area contributed by atoms with Crippen LogP contribution < -0.4 is 4.52 Å². The molecule has 1 aromatic rings. The molecule has 1 unspecified atom stereocenters. The first-order valence-electron chi connectivity index (χ1n) is 6.74. The lowest BCUT2D eigenvalue weighted by molar-refractivity contribution is 0.233. The Hall–Kier alpha value is -0.380. The number of benzene rings is 1. The Morgan fingerprint density at radius 2 is 2.10 bits per heavy atom. The zero-order valence-electron chi connectivity index (χ0n) is 12.1. The van der Waals surface area contributed by atoms with Gasteiger partial charge >= 0.3 is 7.60 Å². The molecule has 3 nitrogen and oxygen atoms in total. The van der Waals surface area contributed by atoms with E-state index in [4.69, 9.17) is 9.05 Å². The van der Waals surface area contributed by atoms with Crippen molar-refractivity contribution in [2.45, 2.75) is 33.6 Å². The second-order valence-electron chi connectivity index (χ2n) is 5.04. The monoisotopic (exact) mass is 366 g/mol. The minimum atomic E-state index is -3.21. The zero-order valence-corrected chi connectivity index (χ0v) is 14.5. The summed E-state index contributed by atoms with van der Waals surface area (Å²) in [5.41, 5.74) is 0. The molecule has 0 spiro atoms. The molecule has 1 rings (SSSR count). The van der Waals surface area contributed by atoms with Crippen LogP contribution >= 0.6 is 23.5 Å². The van der Waals surface area contributed by atoms with Gasteiger partial charge in [-0.05, 0) is 46.5 Å². The van der Waals surface area contributed by atoms with Crippen LogP contribution in [0, 0.1) is 11.7 Å². The summed E-state index contributed by atoms with van der Waals surface area (Å²) in [6.45, 7) is 6.36. The molecule has 6 heteroatoms. The second-order valence-corrected chi connectivity index (χ2v) is 8.01. The highest BCUT2D eigenvalue weighted by Crippen LogP contribution is 2.50. The van der Waals surface area contributed by atoms with E-state index in [9.17, 15) is 8.96 Å². The minimum absolute atomic E-state index is 0.269. The lowest BCUT2D eigenvalue weighted by atomic mass is 10.2. The molecule has 0 aliphatic heterocycles. The highest BCUT2D eigenvalue weighted by Gasteiger charge is 2.27. The van der Waals surface area contributed by atoms with Gasteiger partial charge < -0.3 is 4.52 Å². The second kappa shape index (κ2) is 8.16. The summed E-state index contributed by atoms with van der Waals surface area (Å²) < 4.78 is 37.3. The van der Waals surface area contributed by atoms with Gasteiger partial charge in [-0.25, -0.2) is 8.96 Å². The summed E-state index contributed by atoms with van der Waals surface area (Å²) in [6.07, 6.45) is 2.02. The quantitative estimate of drug-likeness (QED) is 0.559. The Kier molecular flexibility index (Phi) is 7.21. The fourth-order valence-electron chi connectivity index (χ4n) is 1.45. The first kappa shape index (κ1) is 17.7. The molecule has 0 heterocycles. The van der Waals surface area contributed by atoms with E-state index in [2.05, 4.69) is 15.9 Å². The molecule has 20 heavy (non-hydrogen) atoms. The van der Waals surface area contributed by atoms with Crippen LogP contribution in [0.15, 0.2) is 22.7 Å². The van der Waals surface area contributed by atoms with Crippen LogP contribution in [0.25, 0.3) is 0 Å². The first-order valence-corrected chi connectivity index (χ1v) is 9.26. The molecule has 0 fully saturated rings. The van der Waals surface area contributed by atoms with Gasteiger partial charge in [-0.3, -0.25) is 4.52 Å². The number of rotatable bonds is 8. The Labute approximate surface area is 128 Å². The molecular formula is C14H21BrFO3P. The zero-order chi connectivity index (χ0) is 15.2. The summed E-state index contributed by atoms with van der Waals surface area (Å²) in [6, 6.07) is 4.01. The molecule has 0 aliphatic rings. The predicted octanol–water partition coefficient (Wildman–Crippen LogP) is 5.63. The van der Waals surface area contributed by atoms with E-state index in [1.54, 1.807) is 0 Å². The van der Waals surface area contributed by atoms with E-state index >= 15 is 0 Å². The van der Waals surface area contributed by atoms with Gasteiger partial charge in [-0.1, -0.05) is 27.2 Å². The molecule has 0 radical (unpaired) electrons. The maximum atomic E-state index is 13.1. The van der Waals surface area contributed by atoms with Crippen LogP contribution in [0.2, 0.25) is 0 Å². The van der Waals surface area contributed by atoms with E-state index in [0.717, 1.165) is 12.8 Å². The molecule has 1 atom stereocenters. The molecule has 114 valence electrons. The largest absolute Gasteiger partial charge is 0.423 e. The van der Waals surface area contributed by atoms with E-state index in [-0.39, 0.29) is 11.7 Å². The molecule has 0 aromatic heterocycles. The summed E-state index contributed by atoms with van der Waals surface area (Å²) in [5, 5.41) is 0.